The first-order valence-electron chi connectivity index (χ1n) is 8.44. The maximum atomic E-state index is 12.7. The van der Waals surface area contributed by atoms with E-state index in [9.17, 15) is 4.79 Å². The fourth-order valence-electron chi connectivity index (χ4n) is 2.68. The summed E-state index contributed by atoms with van der Waals surface area (Å²) < 4.78 is 0. The molecule has 0 aliphatic heterocycles. The van der Waals surface area contributed by atoms with Crippen molar-refractivity contribution in [3.05, 3.63) is 69.7 Å². The zero-order valence-corrected chi connectivity index (χ0v) is 15.8. The van der Waals surface area contributed by atoms with Crippen molar-refractivity contribution in [2.75, 3.05) is 5.32 Å². The molecule has 25 heavy (non-hydrogen) atoms. The number of nitrogens with zero attached hydrogens (tertiary/aromatic N) is 1. The van der Waals surface area contributed by atoms with Gasteiger partial charge in [-0.05, 0) is 49.9 Å². The van der Waals surface area contributed by atoms with E-state index >= 15 is 0 Å². The van der Waals surface area contributed by atoms with Crippen molar-refractivity contribution in [3.63, 3.8) is 0 Å². The van der Waals surface area contributed by atoms with E-state index in [0.29, 0.717) is 4.88 Å². The van der Waals surface area contributed by atoms with Crippen molar-refractivity contribution in [2.24, 2.45) is 0 Å². The molecule has 0 radical (unpaired) electrons. The van der Waals surface area contributed by atoms with Crippen LogP contribution in [0.25, 0.3) is 10.6 Å². The van der Waals surface area contributed by atoms with Crippen LogP contribution in [0, 0.1) is 20.8 Å². The van der Waals surface area contributed by atoms with Gasteiger partial charge in [-0.15, -0.1) is 11.3 Å². The van der Waals surface area contributed by atoms with Crippen LogP contribution in [0.5, 0.6) is 0 Å². The van der Waals surface area contributed by atoms with Crippen LogP contribution in [-0.4, -0.2) is 10.9 Å². The number of anilines is 1. The molecule has 0 fully saturated rings. The number of rotatable bonds is 4. The lowest BCUT2D eigenvalue weighted by Gasteiger charge is -2.09. The highest BCUT2D eigenvalue weighted by atomic mass is 32.1. The minimum Gasteiger partial charge on any atom is -0.321 e. The van der Waals surface area contributed by atoms with E-state index in [-0.39, 0.29) is 5.91 Å². The number of carbonyl (C=O) groups excluding carboxylic acids is 1. The summed E-state index contributed by atoms with van der Waals surface area (Å²) in [6.07, 6.45) is 1.01. The first-order chi connectivity index (χ1) is 12.0. The second kappa shape index (κ2) is 7.19. The van der Waals surface area contributed by atoms with Crippen LogP contribution in [0.1, 0.15) is 39.0 Å². The molecule has 1 heterocycles. The zero-order valence-electron chi connectivity index (χ0n) is 15.0. The molecule has 3 nitrogen and oxygen atoms in total. The Morgan fingerprint density at radius 2 is 1.80 bits per heavy atom. The summed E-state index contributed by atoms with van der Waals surface area (Å²) in [6, 6.07) is 14.3. The molecule has 1 aromatic heterocycles. The highest BCUT2D eigenvalue weighted by molar-refractivity contribution is 7.17. The molecule has 0 aliphatic carbocycles. The summed E-state index contributed by atoms with van der Waals surface area (Å²) in [6.45, 7) is 8.09. The van der Waals surface area contributed by atoms with Crippen LogP contribution in [0.2, 0.25) is 0 Å². The van der Waals surface area contributed by atoms with E-state index in [1.165, 1.54) is 16.9 Å². The number of carbonyl (C=O) groups is 1. The van der Waals surface area contributed by atoms with E-state index < -0.39 is 0 Å². The Morgan fingerprint density at radius 1 is 1.08 bits per heavy atom. The standard InChI is InChI=1S/C21H22N2OS/c1-5-16-9-11-17(12-10-16)21-22-15(4)19(25-21)20(24)23-18-8-6-7-13(2)14(18)3/h6-12H,5H2,1-4H3,(H,23,24). The second-order valence-corrected chi connectivity index (χ2v) is 7.18. The van der Waals surface area contributed by atoms with Gasteiger partial charge in [-0.25, -0.2) is 4.98 Å². The van der Waals surface area contributed by atoms with E-state index in [2.05, 4.69) is 41.5 Å². The molecule has 2 aromatic carbocycles. The molecule has 1 N–H and O–H groups in total. The first kappa shape index (κ1) is 17.4. The lowest BCUT2D eigenvalue weighted by molar-refractivity contribution is 0.102. The Bertz CT molecular complexity index is 910. The maximum absolute atomic E-state index is 12.7. The summed E-state index contributed by atoms with van der Waals surface area (Å²) in [5.41, 5.74) is 6.22. The smallest absolute Gasteiger partial charge is 0.267 e. The number of thiazole rings is 1. The number of aryl methyl sites for hydroxylation is 3. The molecule has 0 aliphatic rings. The van der Waals surface area contributed by atoms with Crippen molar-refractivity contribution < 1.29 is 4.79 Å². The molecule has 0 saturated carbocycles. The number of hydrogen-bond donors (Lipinski definition) is 1. The van der Waals surface area contributed by atoms with Crippen molar-refractivity contribution in [1.29, 1.82) is 0 Å². The molecule has 3 aromatic rings. The Labute approximate surface area is 152 Å². The number of nitrogens with one attached hydrogen (secondary N) is 1. The van der Waals surface area contributed by atoms with E-state index in [1.54, 1.807) is 0 Å². The monoisotopic (exact) mass is 350 g/mol. The zero-order chi connectivity index (χ0) is 18.0. The lowest BCUT2D eigenvalue weighted by atomic mass is 10.1. The van der Waals surface area contributed by atoms with Gasteiger partial charge < -0.3 is 5.32 Å². The lowest BCUT2D eigenvalue weighted by Crippen LogP contribution is -2.12. The van der Waals surface area contributed by atoms with Gasteiger partial charge in [0.25, 0.3) is 5.91 Å². The molecule has 0 bridgehead atoms. The molecule has 1 amide bonds. The average Bonchev–Trinajstić information content (AvgIpc) is 3.01. The minimum absolute atomic E-state index is 0.0971. The number of aromatic nitrogens is 1. The summed E-state index contributed by atoms with van der Waals surface area (Å²) in [4.78, 5) is 18.0. The highest BCUT2D eigenvalue weighted by Gasteiger charge is 2.17. The third kappa shape index (κ3) is 3.64. The van der Waals surface area contributed by atoms with Crippen LogP contribution in [0.4, 0.5) is 5.69 Å². The second-order valence-electron chi connectivity index (χ2n) is 6.19. The van der Waals surface area contributed by atoms with Gasteiger partial charge in [0.1, 0.15) is 9.88 Å². The summed E-state index contributed by atoms with van der Waals surface area (Å²) in [5, 5.41) is 3.90. The average molecular weight is 350 g/mol. The highest BCUT2D eigenvalue weighted by Crippen LogP contribution is 2.29. The third-order valence-electron chi connectivity index (χ3n) is 4.46. The maximum Gasteiger partial charge on any atom is 0.267 e. The molecule has 128 valence electrons. The van der Waals surface area contributed by atoms with E-state index in [0.717, 1.165) is 39.5 Å². The SMILES string of the molecule is CCc1ccc(-c2nc(C)c(C(=O)Nc3cccc(C)c3C)s2)cc1. The Hall–Kier alpha value is -2.46. The van der Waals surface area contributed by atoms with Gasteiger partial charge in [-0.3, -0.25) is 4.79 Å². The molecule has 0 spiro atoms. The normalized spacial score (nSPS) is 10.7. The largest absolute Gasteiger partial charge is 0.321 e. The molecule has 3 rings (SSSR count). The Kier molecular flexibility index (Phi) is 5.00. The fraction of sp³-hybridized carbons (Fsp3) is 0.238. The molecular formula is C21H22N2OS. The van der Waals surface area contributed by atoms with Crippen molar-refractivity contribution in [1.82, 2.24) is 4.98 Å². The molecule has 0 saturated heterocycles. The van der Waals surface area contributed by atoms with Gasteiger partial charge >= 0.3 is 0 Å². The molecule has 0 atom stereocenters. The van der Waals surface area contributed by atoms with Gasteiger partial charge in [0.05, 0.1) is 5.69 Å². The van der Waals surface area contributed by atoms with Crippen LogP contribution < -0.4 is 5.32 Å². The number of hydrogen-bond acceptors (Lipinski definition) is 3. The van der Waals surface area contributed by atoms with Gasteiger partial charge in [0.15, 0.2) is 0 Å². The number of benzene rings is 2. The predicted molar refractivity (Wildman–Crippen MR) is 106 cm³/mol. The molecule has 0 unspecified atom stereocenters. The van der Waals surface area contributed by atoms with Crippen LogP contribution in [0.3, 0.4) is 0 Å². The number of amides is 1. The topological polar surface area (TPSA) is 42.0 Å². The van der Waals surface area contributed by atoms with Crippen LogP contribution in [0.15, 0.2) is 42.5 Å². The quantitative estimate of drug-likeness (QED) is 0.670. The Morgan fingerprint density at radius 3 is 2.48 bits per heavy atom. The van der Waals surface area contributed by atoms with Gasteiger partial charge in [0.2, 0.25) is 0 Å². The van der Waals surface area contributed by atoms with Crippen LogP contribution in [-0.2, 0) is 6.42 Å². The summed E-state index contributed by atoms with van der Waals surface area (Å²) in [5.74, 6) is -0.0971. The van der Waals surface area contributed by atoms with E-state index in [4.69, 9.17) is 0 Å². The third-order valence-corrected chi connectivity index (χ3v) is 5.67. The van der Waals surface area contributed by atoms with E-state index in [1.807, 2.05) is 39.0 Å². The van der Waals surface area contributed by atoms with Crippen LogP contribution >= 0.6 is 11.3 Å². The van der Waals surface area contributed by atoms with Gasteiger partial charge in [0, 0.05) is 11.3 Å². The van der Waals surface area contributed by atoms with Gasteiger partial charge in [-0.1, -0.05) is 43.3 Å². The van der Waals surface area contributed by atoms with Crippen molar-refractivity contribution in [3.8, 4) is 10.6 Å². The molecule has 4 heteroatoms. The van der Waals surface area contributed by atoms with Crippen molar-refractivity contribution in [2.45, 2.75) is 34.1 Å². The first-order valence-corrected chi connectivity index (χ1v) is 9.25. The fourth-order valence-corrected chi connectivity index (χ4v) is 3.65. The molecular weight excluding hydrogens is 328 g/mol. The van der Waals surface area contributed by atoms with Crippen molar-refractivity contribution >= 4 is 22.9 Å². The summed E-state index contributed by atoms with van der Waals surface area (Å²) >= 11 is 1.44. The Balaban J connectivity index is 1.86. The predicted octanol–water partition coefficient (Wildman–Crippen LogP) is 5.55. The summed E-state index contributed by atoms with van der Waals surface area (Å²) in [7, 11) is 0. The van der Waals surface area contributed by atoms with Gasteiger partial charge in [-0.2, -0.15) is 0 Å². The minimum atomic E-state index is -0.0971.